The molecule has 1 aliphatic rings. The number of amides is 1. The van der Waals surface area contributed by atoms with Gasteiger partial charge in [-0.25, -0.2) is 0 Å². The van der Waals surface area contributed by atoms with Crippen LogP contribution in [0.15, 0.2) is 0 Å². The fourth-order valence-electron chi connectivity index (χ4n) is 2.37. The normalized spacial score (nSPS) is 27.3. The maximum Gasteiger partial charge on any atom is 0.243 e. The highest BCUT2D eigenvalue weighted by Gasteiger charge is 2.44. The lowest BCUT2D eigenvalue weighted by Gasteiger charge is -2.21. The van der Waals surface area contributed by atoms with Crippen LogP contribution in [0.2, 0.25) is 0 Å². The van der Waals surface area contributed by atoms with Crippen molar-refractivity contribution in [1.29, 1.82) is 0 Å². The Labute approximate surface area is 116 Å². The summed E-state index contributed by atoms with van der Waals surface area (Å²) in [7, 11) is 1.67. The average molecular weight is 272 g/mol. The minimum Gasteiger partial charge on any atom is -0.382 e. The molecule has 1 rings (SSSR count). The van der Waals surface area contributed by atoms with E-state index in [1.807, 2.05) is 25.7 Å². The van der Waals surface area contributed by atoms with Crippen molar-refractivity contribution in [3.8, 4) is 0 Å². The van der Waals surface area contributed by atoms with Gasteiger partial charge in [0.2, 0.25) is 5.91 Å². The van der Waals surface area contributed by atoms with Gasteiger partial charge in [0.25, 0.3) is 0 Å². The molecular formula is C14H28N2O3. The summed E-state index contributed by atoms with van der Waals surface area (Å²) in [4.78, 5) is 14.2. The molecule has 2 atom stereocenters. The first-order valence-electron chi connectivity index (χ1n) is 7.20. The van der Waals surface area contributed by atoms with Gasteiger partial charge in [-0.2, -0.15) is 0 Å². The largest absolute Gasteiger partial charge is 0.382 e. The van der Waals surface area contributed by atoms with E-state index in [4.69, 9.17) is 9.47 Å². The third-order valence-corrected chi connectivity index (χ3v) is 3.80. The third-order valence-electron chi connectivity index (χ3n) is 3.80. The lowest BCUT2D eigenvalue weighted by atomic mass is 9.99. The van der Waals surface area contributed by atoms with Crippen LogP contribution in [0.4, 0.5) is 0 Å². The van der Waals surface area contributed by atoms with Gasteiger partial charge in [-0.15, -0.1) is 0 Å². The van der Waals surface area contributed by atoms with Gasteiger partial charge in [-0.05, 0) is 33.1 Å². The average Bonchev–Trinajstić information content (AvgIpc) is 2.61. The molecule has 1 fully saturated rings. The van der Waals surface area contributed by atoms with Crippen LogP contribution in [0, 0.1) is 0 Å². The van der Waals surface area contributed by atoms with Crippen molar-refractivity contribution < 1.29 is 14.3 Å². The highest BCUT2D eigenvalue weighted by Crippen LogP contribution is 2.23. The van der Waals surface area contributed by atoms with E-state index >= 15 is 0 Å². The van der Waals surface area contributed by atoms with Crippen molar-refractivity contribution in [2.75, 3.05) is 33.5 Å². The summed E-state index contributed by atoms with van der Waals surface area (Å²) in [6, 6.07) is 0. The van der Waals surface area contributed by atoms with Crippen molar-refractivity contribution in [2.24, 2.45) is 0 Å². The molecule has 0 aliphatic carbocycles. The van der Waals surface area contributed by atoms with Crippen LogP contribution in [0.3, 0.4) is 0 Å². The lowest BCUT2D eigenvalue weighted by molar-refractivity contribution is -0.132. The first-order chi connectivity index (χ1) is 9.05. The number of unbranched alkanes of at least 4 members (excludes halogenated alkanes) is 1. The van der Waals surface area contributed by atoms with E-state index < -0.39 is 0 Å². The summed E-state index contributed by atoms with van der Waals surface area (Å²) in [5.74, 6) is 0.225. The molecule has 5 heteroatoms. The number of nitrogens with zero attached hydrogens (tertiary/aromatic N) is 1. The third kappa shape index (κ3) is 4.44. The van der Waals surface area contributed by atoms with Crippen LogP contribution >= 0.6 is 0 Å². The van der Waals surface area contributed by atoms with Crippen LogP contribution in [-0.4, -0.2) is 56.0 Å². The Hall–Kier alpha value is -0.650. The van der Waals surface area contributed by atoms with Gasteiger partial charge >= 0.3 is 0 Å². The molecule has 0 aromatic rings. The van der Waals surface area contributed by atoms with E-state index in [0.717, 1.165) is 32.4 Å². The Morgan fingerprint density at radius 1 is 1.32 bits per heavy atom. The van der Waals surface area contributed by atoms with Gasteiger partial charge in [-0.1, -0.05) is 6.92 Å². The molecule has 0 aromatic heterocycles. The standard InChI is InChI=1S/C14H28N2O3/c1-5-14(3)13(17)16(12(2)15-14)8-6-7-9-19-11-10-18-4/h12,15H,5-11H2,1-4H3. The van der Waals surface area contributed by atoms with E-state index in [-0.39, 0.29) is 17.6 Å². The van der Waals surface area contributed by atoms with Gasteiger partial charge in [0.05, 0.1) is 24.9 Å². The second-order valence-corrected chi connectivity index (χ2v) is 5.32. The predicted octanol–water partition coefficient (Wildman–Crippen LogP) is 1.38. The number of ether oxygens (including phenoxy) is 2. The van der Waals surface area contributed by atoms with Crippen molar-refractivity contribution >= 4 is 5.91 Å². The molecule has 0 saturated carbocycles. The fourth-order valence-corrected chi connectivity index (χ4v) is 2.37. The number of rotatable bonds is 9. The second kappa shape index (κ2) is 7.82. The second-order valence-electron chi connectivity index (χ2n) is 5.32. The molecule has 5 nitrogen and oxygen atoms in total. The minimum atomic E-state index is -0.381. The van der Waals surface area contributed by atoms with Crippen LogP contribution in [0.5, 0.6) is 0 Å². The number of nitrogens with one attached hydrogen (secondary N) is 1. The maximum absolute atomic E-state index is 12.3. The number of methoxy groups -OCH3 is 1. The van der Waals surface area contributed by atoms with Gasteiger partial charge in [0.15, 0.2) is 0 Å². The van der Waals surface area contributed by atoms with Crippen LogP contribution in [0.1, 0.15) is 40.0 Å². The van der Waals surface area contributed by atoms with Crippen molar-refractivity contribution in [1.82, 2.24) is 10.2 Å². The molecule has 0 aromatic carbocycles. The Morgan fingerprint density at radius 2 is 2.05 bits per heavy atom. The smallest absolute Gasteiger partial charge is 0.243 e. The Morgan fingerprint density at radius 3 is 2.63 bits per heavy atom. The number of hydrogen-bond donors (Lipinski definition) is 1. The Bertz CT molecular complexity index is 286. The summed E-state index contributed by atoms with van der Waals surface area (Å²) in [5.41, 5.74) is -0.381. The molecule has 0 radical (unpaired) electrons. The molecule has 1 heterocycles. The summed E-state index contributed by atoms with van der Waals surface area (Å²) < 4.78 is 10.3. The van der Waals surface area contributed by atoms with Gasteiger partial charge in [0.1, 0.15) is 0 Å². The van der Waals surface area contributed by atoms with E-state index in [1.165, 1.54) is 0 Å². The topological polar surface area (TPSA) is 50.8 Å². The van der Waals surface area contributed by atoms with E-state index in [9.17, 15) is 4.79 Å². The molecule has 112 valence electrons. The SMILES string of the molecule is CCC1(C)NC(C)N(CCCCOCCOC)C1=O. The molecule has 0 bridgehead atoms. The molecule has 19 heavy (non-hydrogen) atoms. The molecular weight excluding hydrogens is 244 g/mol. The maximum atomic E-state index is 12.3. The minimum absolute atomic E-state index is 0.131. The zero-order valence-electron chi connectivity index (χ0n) is 12.7. The molecule has 1 saturated heterocycles. The van der Waals surface area contributed by atoms with Crippen LogP contribution < -0.4 is 5.32 Å². The fraction of sp³-hybridized carbons (Fsp3) is 0.929. The highest BCUT2D eigenvalue weighted by atomic mass is 16.5. The van der Waals surface area contributed by atoms with E-state index in [1.54, 1.807) is 7.11 Å². The van der Waals surface area contributed by atoms with E-state index in [2.05, 4.69) is 5.32 Å². The van der Waals surface area contributed by atoms with Gasteiger partial charge in [0, 0.05) is 20.3 Å². The van der Waals surface area contributed by atoms with Gasteiger partial charge in [-0.3, -0.25) is 10.1 Å². The molecule has 1 N–H and O–H groups in total. The van der Waals surface area contributed by atoms with Crippen molar-refractivity contribution in [2.45, 2.75) is 51.7 Å². The lowest BCUT2D eigenvalue weighted by Crippen LogP contribution is -2.43. The van der Waals surface area contributed by atoms with Crippen molar-refractivity contribution in [3.63, 3.8) is 0 Å². The highest BCUT2D eigenvalue weighted by molar-refractivity contribution is 5.88. The number of carbonyl (C=O) groups excluding carboxylic acids is 1. The zero-order chi connectivity index (χ0) is 14.3. The molecule has 1 amide bonds. The summed E-state index contributed by atoms with van der Waals surface area (Å²) >= 11 is 0. The molecule has 2 unspecified atom stereocenters. The first-order valence-corrected chi connectivity index (χ1v) is 7.20. The zero-order valence-corrected chi connectivity index (χ0v) is 12.7. The van der Waals surface area contributed by atoms with Crippen molar-refractivity contribution in [3.05, 3.63) is 0 Å². The summed E-state index contributed by atoms with van der Waals surface area (Å²) in [6.45, 7) is 8.90. The Balaban J connectivity index is 2.21. The summed E-state index contributed by atoms with van der Waals surface area (Å²) in [5, 5.41) is 3.38. The first kappa shape index (κ1) is 16.4. The Kier molecular flexibility index (Phi) is 6.75. The van der Waals surface area contributed by atoms with Gasteiger partial charge < -0.3 is 14.4 Å². The quantitative estimate of drug-likeness (QED) is 0.644. The van der Waals surface area contributed by atoms with E-state index in [0.29, 0.717) is 13.2 Å². The molecule has 0 spiro atoms. The van der Waals surface area contributed by atoms with Crippen LogP contribution in [0.25, 0.3) is 0 Å². The summed E-state index contributed by atoms with van der Waals surface area (Å²) in [6.07, 6.45) is 2.91. The van der Waals surface area contributed by atoms with Crippen LogP contribution in [-0.2, 0) is 14.3 Å². The number of hydrogen-bond acceptors (Lipinski definition) is 4. The predicted molar refractivity (Wildman–Crippen MR) is 74.9 cm³/mol. The number of carbonyl (C=O) groups is 1. The molecule has 1 aliphatic heterocycles. The monoisotopic (exact) mass is 272 g/mol.